The SMILES string of the molecule is C.CCOc1ccc(C(=O)NC(C)C)cc1OCC. The molecule has 0 saturated heterocycles. The molecule has 19 heavy (non-hydrogen) atoms. The van der Waals surface area contributed by atoms with Crippen molar-refractivity contribution >= 4 is 5.91 Å². The Morgan fingerprint density at radius 1 is 1.16 bits per heavy atom. The minimum absolute atomic E-state index is 0. The second-order valence-electron chi connectivity index (χ2n) is 4.16. The van der Waals surface area contributed by atoms with Crippen molar-refractivity contribution in [1.82, 2.24) is 5.32 Å². The number of ether oxygens (including phenoxy) is 2. The van der Waals surface area contributed by atoms with Crippen molar-refractivity contribution in [2.75, 3.05) is 13.2 Å². The lowest BCUT2D eigenvalue weighted by Gasteiger charge is -2.13. The third kappa shape index (κ3) is 5.20. The molecule has 1 amide bonds. The zero-order valence-electron chi connectivity index (χ0n) is 11.4. The number of rotatable bonds is 6. The molecule has 0 bridgehead atoms. The number of benzene rings is 1. The molecule has 0 unspecified atom stereocenters. The van der Waals surface area contributed by atoms with Crippen LogP contribution < -0.4 is 14.8 Å². The summed E-state index contributed by atoms with van der Waals surface area (Å²) in [6, 6.07) is 5.33. The molecule has 0 spiro atoms. The summed E-state index contributed by atoms with van der Waals surface area (Å²) in [4.78, 5) is 11.9. The van der Waals surface area contributed by atoms with Gasteiger partial charge >= 0.3 is 0 Å². The van der Waals surface area contributed by atoms with Gasteiger partial charge in [0.2, 0.25) is 0 Å². The van der Waals surface area contributed by atoms with E-state index >= 15 is 0 Å². The average Bonchev–Trinajstić information content (AvgIpc) is 2.31. The maximum Gasteiger partial charge on any atom is 0.251 e. The minimum Gasteiger partial charge on any atom is -0.490 e. The molecule has 0 heterocycles. The largest absolute Gasteiger partial charge is 0.490 e. The lowest BCUT2D eigenvalue weighted by atomic mass is 10.1. The highest BCUT2D eigenvalue weighted by molar-refractivity contribution is 5.95. The maximum absolute atomic E-state index is 11.9. The van der Waals surface area contributed by atoms with E-state index in [1.807, 2.05) is 27.7 Å². The van der Waals surface area contributed by atoms with Gasteiger partial charge in [-0.1, -0.05) is 7.43 Å². The zero-order chi connectivity index (χ0) is 13.5. The summed E-state index contributed by atoms with van der Waals surface area (Å²) in [6.45, 7) is 8.77. The van der Waals surface area contributed by atoms with Crippen LogP contribution in [0, 0.1) is 0 Å². The maximum atomic E-state index is 11.9. The molecule has 1 aromatic carbocycles. The Bertz CT molecular complexity index is 402. The van der Waals surface area contributed by atoms with Gasteiger partial charge in [-0.2, -0.15) is 0 Å². The van der Waals surface area contributed by atoms with E-state index in [1.165, 1.54) is 0 Å². The molecule has 4 nitrogen and oxygen atoms in total. The van der Waals surface area contributed by atoms with E-state index in [0.29, 0.717) is 30.3 Å². The first kappa shape index (κ1) is 17.3. The Hall–Kier alpha value is -1.71. The standard InChI is InChI=1S/C14H21NO3.CH4/c1-5-17-12-8-7-11(9-13(12)18-6-2)14(16)15-10(3)4;/h7-10H,5-6H2,1-4H3,(H,15,16);1H4. The highest BCUT2D eigenvalue weighted by Gasteiger charge is 2.11. The monoisotopic (exact) mass is 267 g/mol. The number of hydrogen-bond donors (Lipinski definition) is 1. The van der Waals surface area contributed by atoms with Crippen LogP contribution in [-0.4, -0.2) is 25.2 Å². The van der Waals surface area contributed by atoms with Gasteiger partial charge in [0.25, 0.3) is 5.91 Å². The van der Waals surface area contributed by atoms with Crippen molar-refractivity contribution < 1.29 is 14.3 Å². The summed E-state index contributed by atoms with van der Waals surface area (Å²) >= 11 is 0. The molecule has 0 radical (unpaired) electrons. The molecule has 1 rings (SSSR count). The van der Waals surface area contributed by atoms with E-state index in [9.17, 15) is 4.79 Å². The molecule has 0 aliphatic rings. The summed E-state index contributed by atoms with van der Waals surface area (Å²) in [7, 11) is 0. The fourth-order valence-corrected chi connectivity index (χ4v) is 1.54. The smallest absolute Gasteiger partial charge is 0.251 e. The van der Waals surface area contributed by atoms with Crippen molar-refractivity contribution in [2.24, 2.45) is 0 Å². The van der Waals surface area contributed by atoms with Gasteiger partial charge in [0, 0.05) is 11.6 Å². The quantitative estimate of drug-likeness (QED) is 0.860. The number of amides is 1. The Balaban J connectivity index is 0.00000324. The van der Waals surface area contributed by atoms with Gasteiger partial charge in [-0.25, -0.2) is 0 Å². The molecule has 1 aromatic rings. The van der Waals surface area contributed by atoms with Crippen molar-refractivity contribution in [1.29, 1.82) is 0 Å². The molecule has 0 aliphatic carbocycles. The van der Waals surface area contributed by atoms with Crippen LogP contribution >= 0.6 is 0 Å². The molecule has 108 valence electrons. The number of carbonyl (C=O) groups excluding carboxylic acids is 1. The van der Waals surface area contributed by atoms with Gasteiger partial charge < -0.3 is 14.8 Å². The first-order chi connectivity index (χ1) is 8.58. The lowest BCUT2D eigenvalue weighted by Crippen LogP contribution is -2.30. The summed E-state index contributed by atoms with van der Waals surface area (Å²) < 4.78 is 10.9. The first-order valence-corrected chi connectivity index (χ1v) is 6.29. The van der Waals surface area contributed by atoms with Crippen molar-refractivity contribution in [2.45, 2.75) is 41.2 Å². The Kier molecular flexibility index (Phi) is 7.65. The van der Waals surface area contributed by atoms with Crippen molar-refractivity contribution in [3.05, 3.63) is 23.8 Å². The fraction of sp³-hybridized carbons (Fsp3) is 0.533. The molecule has 0 aliphatic heterocycles. The van der Waals surface area contributed by atoms with Crippen LogP contribution in [0.15, 0.2) is 18.2 Å². The van der Waals surface area contributed by atoms with E-state index in [-0.39, 0.29) is 19.4 Å². The van der Waals surface area contributed by atoms with Crippen LogP contribution in [0.1, 0.15) is 45.5 Å². The topological polar surface area (TPSA) is 47.6 Å². The molecular weight excluding hydrogens is 242 g/mol. The fourth-order valence-electron chi connectivity index (χ4n) is 1.54. The predicted octanol–water partition coefficient (Wildman–Crippen LogP) is 3.26. The van der Waals surface area contributed by atoms with Crippen LogP contribution in [-0.2, 0) is 0 Å². The van der Waals surface area contributed by atoms with Gasteiger partial charge in [0.15, 0.2) is 11.5 Å². The van der Waals surface area contributed by atoms with Gasteiger partial charge in [0.05, 0.1) is 13.2 Å². The Morgan fingerprint density at radius 3 is 2.26 bits per heavy atom. The molecule has 0 aromatic heterocycles. The van der Waals surface area contributed by atoms with E-state index in [1.54, 1.807) is 18.2 Å². The average molecular weight is 267 g/mol. The Morgan fingerprint density at radius 2 is 1.74 bits per heavy atom. The predicted molar refractivity (Wildman–Crippen MR) is 78.1 cm³/mol. The molecule has 1 N–H and O–H groups in total. The summed E-state index contributed by atoms with van der Waals surface area (Å²) in [5.74, 6) is 1.17. The molecular formula is C15H25NO3. The third-order valence-electron chi connectivity index (χ3n) is 2.23. The van der Waals surface area contributed by atoms with Crippen LogP contribution in [0.3, 0.4) is 0 Å². The summed E-state index contributed by atoms with van der Waals surface area (Å²) in [5.41, 5.74) is 0.579. The van der Waals surface area contributed by atoms with Gasteiger partial charge in [-0.15, -0.1) is 0 Å². The first-order valence-electron chi connectivity index (χ1n) is 6.29. The van der Waals surface area contributed by atoms with Gasteiger partial charge in [-0.3, -0.25) is 4.79 Å². The van der Waals surface area contributed by atoms with Crippen LogP contribution in [0.4, 0.5) is 0 Å². The molecule has 0 atom stereocenters. The Labute approximate surface area is 116 Å². The van der Waals surface area contributed by atoms with E-state index < -0.39 is 0 Å². The minimum atomic E-state index is -0.103. The third-order valence-corrected chi connectivity index (χ3v) is 2.23. The highest BCUT2D eigenvalue weighted by atomic mass is 16.5. The van der Waals surface area contributed by atoms with Gasteiger partial charge in [0.1, 0.15) is 0 Å². The van der Waals surface area contributed by atoms with Crippen LogP contribution in [0.25, 0.3) is 0 Å². The van der Waals surface area contributed by atoms with Crippen LogP contribution in [0.5, 0.6) is 11.5 Å². The zero-order valence-corrected chi connectivity index (χ0v) is 11.4. The number of hydrogen-bond acceptors (Lipinski definition) is 3. The van der Waals surface area contributed by atoms with Crippen molar-refractivity contribution in [3.8, 4) is 11.5 Å². The van der Waals surface area contributed by atoms with E-state index in [4.69, 9.17) is 9.47 Å². The van der Waals surface area contributed by atoms with E-state index in [2.05, 4.69) is 5.32 Å². The molecule has 4 heteroatoms. The van der Waals surface area contributed by atoms with Crippen LogP contribution in [0.2, 0.25) is 0 Å². The summed E-state index contributed by atoms with van der Waals surface area (Å²) in [5, 5.41) is 2.84. The number of carbonyl (C=O) groups is 1. The highest BCUT2D eigenvalue weighted by Crippen LogP contribution is 2.28. The van der Waals surface area contributed by atoms with Crippen molar-refractivity contribution in [3.63, 3.8) is 0 Å². The molecule has 0 fully saturated rings. The normalized spacial score (nSPS) is 9.74. The second kappa shape index (κ2) is 8.40. The van der Waals surface area contributed by atoms with E-state index in [0.717, 1.165) is 0 Å². The lowest BCUT2D eigenvalue weighted by molar-refractivity contribution is 0.0942. The molecule has 0 saturated carbocycles. The summed E-state index contributed by atoms with van der Waals surface area (Å²) in [6.07, 6.45) is 0. The second-order valence-corrected chi connectivity index (χ2v) is 4.16. The van der Waals surface area contributed by atoms with Gasteiger partial charge in [-0.05, 0) is 45.9 Å². The number of nitrogens with one attached hydrogen (secondary N) is 1.